The lowest BCUT2D eigenvalue weighted by Gasteiger charge is -2.38. The molecule has 0 atom stereocenters. The van der Waals surface area contributed by atoms with Gasteiger partial charge in [0.05, 0.1) is 12.4 Å². The second kappa shape index (κ2) is 6.55. The molecule has 0 spiro atoms. The zero-order valence-electron chi connectivity index (χ0n) is 17.1. The Morgan fingerprint density at radius 3 is 2.32 bits per heavy atom. The van der Waals surface area contributed by atoms with Crippen LogP contribution in [0.5, 0.6) is 5.75 Å². The highest BCUT2D eigenvalue weighted by Crippen LogP contribution is 2.43. The van der Waals surface area contributed by atoms with Gasteiger partial charge in [0, 0.05) is 36.8 Å². The Kier molecular flexibility index (Phi) is 4.30. The molecule has 0 amide bonds. The van der Waals surface area contributed by atoms with Gasteiger partial charge in [0.15, 0.2) is 0 Å². The molecule has 1 aliphatic heterocycles. The molecule has 1 aliphatic rings. The van der Waals surface area contributed by atoms with Crippen LogP contribution < -0.4 is 14.5 Å². The van der Waals surface area contributed by atoms with E-state index in [1.807, 2.05) is 12.1 Å². The number of hydrogen-bond acceptors (Lipinski definition) is 4. The minimum atomic E-state index is -0.305. The summed E-state index contributed by atoms with van der Waals surface area (Å²) in [6.07, 6.45) is 0. The first-order chi connectivity index (χ1) is 13.2. The maximum Gasteiger partial charge on any atom is 0.308 e. The maximum absolute atomic E-state index is 11.6. The second-order valence-corrected chi connectivity index (χ2v) is 8.48. The minimum absolute atomic E-state index is 0.0590. The number of anilines is 3. The fourth-order valence-electron chi connectivity index (χ4n) is 3.83. The first-order valence-corrected chi connectivity index (χ1v) is 9.58. The summed E-state index contributed by atoms with van der Waals surface area (Å²) in [5.74, 6) is 0.281. The van der Waals surface area contributed by atoms with Gasteiger partial charge in [-0.15, -0.1) is 0 Å². The van der Waals surface area contributed by atoms with E-state index in [0.29, 0.717) is 5.75 Å². The number of carbonyl (C=O) groups is 1. The van der Waals surface area contributed by atoms with Crippen molar-refractivity contribution in [1.29, 1.82) is 0 Å². The van der Waals surface area contributed by atoms with Crippen molar-refractivity contribution in [3.63, 3.8) is 0 Å². The Balaban J connectivity index is 1.92. The molecule has 0 N–H and O–H groups in total. The highest BCUT2D eigenvalue weighted by atomic mass is 16.5. The van der Waals surface area contributed by atoms with Crippen molar-refractivity contribution in [2.24, 2.45) is 0 Å². The van der Waals surface area contributed by atoms with E-state index in [9.17, 15) is 4.79 Å². The molecule has 0 aromatic heterocycles. The van der Waals surface area contributed by atoms with Gasteiger partial charge in [-0.3, -0.25) is 4.79 Å². The predicted octanol–water partition coefficient (Wildman–Crippen LogP) is 5.61. The van der Waals surface area contributed by atoms with Crippen molar-refractivity contribution in [1.82, 2.24) is 0 Å². The molecular formula is C24H26N2O2. The van der Waals surface area contributed by atoms with Gasteiger partial charge in [-0.1, -0.05) is 45.0 Å². The summed E-state index contributed by atoms with van der Waals surface area (Å²) in [6.45, 7) is 8.67. The highest BCUT2D eigenvalue weighted by molar-refractivity contribution is 6.06. The Hall–Kier alpha value is -3.01. The molecule has 3 aromatic rings. The molecule has 0 fully saturated rings. The third kappa shape index (κ3) is 3.19. The summed E-state index contributed by atoms with van der Waals surface area (Å²) >= 11 is 0. The molecule has 4 nitrogen and oxygen atoms in total. The average molecular weight is 374 g/mol. The van der Waals surface area contributed by atoms with Crippen LogP contribution in [0, 0.1) is 0 Å². The van der Waals surface area contributed by atoms with Gasteiger partial charge in [-0.2, -0.15) is 0 Å². The van der Waals surface area contributed by atoms with Crippen LogP contribution in [-0.2, 0) is 10.2 Å². The number of benzene rings is 3. The van der Waals surface area contributed by atoms with Crippen molar-refractivity contribution in [3.8, 4) is 5.75 Å². The fraction of sp³-hybridized carbons (Fsp3) is 0.292. The SMILES string of the molecule is CC(=O)Oc1cc(N2CN(C)c3cccc4cccc2c34)cc(C(C)(C)C)c1. The van der Waals surface area contributed by atoms with Crippen molar-refractivity contribution in [3.05, 3.63) is 60.2 Å². The van der Waals surface area contributed by atoms with Crippen molar-refractivity contribution in [2.75, 3.05) is 23.5 Å². The van der Waals surface area contributed by atoms with Crippen LogP contribution in [0.25, 0.3) is 10.8 Å². The fourth-order valence-corrected chi connectivity index (χ4v) is 3.83. The van der Waals surface area contributed by atoms with Crippen LogP contribution in [-0.4, -0.2) is 19.7 Å². The number of rotatable bonds is 2. The quantitative estimate of drug-likeness (QED) is 0.431. The lowest BCUT2D eigenvalue weighted by Crippen LogP contribution is -2.36. The lowest BCUT2D eigenvalue weighted by molar-refractivity contribution is -0.131. The first-order valence-electron chi connectivity index (χ1n) is 9.58. The molecule has 0 saturated heterocycles. The van der Waals surface area contributed by atoms with Crippen molar-refractivity contribution < 1.29 is 9.53 Å². The Morgan fingerprint density at radius 1 is 1.00 bits per heavy atom. The monoisotopic (exact) mass is 374 g/mol. The lowest BCUT2D eigenvalue weighted by atomic mass is 9.86. The van der Waals surface area contributed by atoms with Crippen LogP contribution in [0.2, 0.25) is 0 Å². The smallest absolute Gasteiger partial charge is 0.308 e. The first kappa shape index (κ1) is 18.4. The number of nitrogens with zero attached hydrogens (tertiary/aromatic N) is 2. The van der Waals surface area contributed by atoms with E-state index in [-0.39, 0.29) is 11.4 Å². The van der Waals surface area contributed by atoms with E-state index in [1.165, 1.54) is 29.1 Å². The van der Waals surface area contributed by atoms with Gasteiger partial charge in [-0.25, -0.2) is 0 Å². The molecule has 144 valence electrons. The van der Waals surface area contributed by atoms with Gasteiger partial charge in [0.1, 0.15) is 5.75 Å². The zero-order valence-corrected chi connectivity index (χ0v) is 17.1. The largest absolute Gasteiger partial charge is 0.427 e. The molecule has 0 bridgehead atoms. The van der Waals surface area contributed by atoms with Crippen LogP contribution in [0.1, 0.15) is 33.3 Å². The number of hydrogen-bond donors (Lipinski definition) is 0. The molecule has 1 heterocycles. The van der Waals surface area contributed by atoms with Crippen molar-refractivity contribution >= 4 is 33.8 Å². The van der Waals surface area contributed by atoms with E-state index in [1.54, 1.807) is 0 Å². The molecule has 0 saturated carbocycles. The van der Waals surface area contributed by atoms with E-state index in [4.69, 9.17) is 4.74 Å². The Bertz CT molecular complexity index is 1060. The van der Waals surface area contributed by atoms with E-state index >= 15 is 0 Å². The summed E-state index contributed by atoms with van der Waals surface area (Å²) < 4.78 is 5.47. The van der Waals surface area contributed by atoms with Crippen LogP contribution in [0.15, 0.2) is 54.6 Å². The van der Waals surface area contributed by atoms with Gasteiger partial charge >= 0.3 is 5.97 Å². The van der Waals surface area contributed by atoms with Crippen LogP contribution in [0.4, 0.5) is 17.1 Å². The molecule has 4 heteroatoms. The minimum Gasteiger partial charge on any atom is -0.427 e. The molecule has 0 unspecified atom stereocenters. The van der Waals surface area contributed by atoms with E-state index < -0.39 is 0 Å². The molecule has 0 radical (unpaired) electrons. The Labute approximate surface area is 166 Å². The van der Waals surface area contributed by atoms with Gasteiger partial charge in [0.25, 0.3) is 0 Å². The topological polar surface area (TPSA) is 32.8 Å². The summed E-state index contributed by atoms with van der Waals surface area (Å²) in [4.78, 5) is 16.1. The summed E-state index contributed by atoms with van der Waals surface area (Å²) in [5, 5.41) is 2.47. The number of esters is 1. The zero-order chi connectivity index (χ0) is 20.1. The van der Waals surface area contributed by atoms with Gasteiger partial charge in [-0.05, 0) is 40.6 Å². The molecule has 4 rings (SSSR count). The second-order valence-electron chi connectivity index (χ2n) is 8.48. The van der Waals surface area contributed by atoms with E-state index in [0.717, 1.165) is 17.9 Å². The predicted molar refractivity (Wildman–Crippen MR) is 116 cm³/mol. The molecule has 28 heavy (non-hydrogen) atoms. The van der Waals surface area contributed by atoms with Gasteiger partial charge < -0.3 is 14.5 Å². The average Bonchev–Trinajstić information content (AvgIpc) is 2.63. The van der Waals surface area contributed by atoms with E-state index in [2.05, 4.69) is 80.1 Å². The molecule has 0 aliphatic carbocycles. The highest BCUT2D eigenvalue weighted by Gasteiger charge is 2.25. The maximum atomic E-state index is 11.6. The standard InChI is InChI=1S/C24H26N2O2/c1-16(27)28-20-13-18(24(2,3)4)12-19(14-20)26-15-25(5)21-10-6-8-17-9-7-11-22(26)23(17)21/h6-14H,15H2,1-5H3. The summed E-state index contributed by atoms with van der Waals surface area (Å²) in [6, 6.07) is 18.9. The summed E-state index contributed by atoms with van der Waals surface area (Å²) in [7, 11) is 2.11. The van der Waals surface area contributed by atoms with Crippen LogP contribution >= 0.6 is 0 Å². The normalized spacial score (nSPS) is 13.8. The molecular weight excluding hydrogens is 348 g/mol. The van der Waals surface area contributed by atoms with Crippen LogP contribution in [0.3, 0.4) is 0 Å². The number of ether oxygens (including phenoxy) is 1. The Morgan fingerprint density at radius 2 is 1.68 bits per heavy atom. The number of carbonyl (C=O) groups excluding carboxylic acids is 1. The third-order valence-electron chi connectivity index (χ3n) is 5.25. The van der Waals surface area contributed by atoms with Gasteiger partial charge in [0.2, 0.25) is 0 Å². The van der Waals surface area contributed by atoms with Crippen molar-refractivity contribution in [2.45, 2.75) is 33.1 Å². The third-order valence-corrected chi connectivity index (χ3v) is 5.25. The summed E-state index contributed by atoms with van der Waals surface area (Å²) in [5.41, 5.74) is 4.51. The molecule has 3 aromatic carbocycles.